The highest BCUT2D eigenvalue weighted by Crippen LogP contribution is 2.37. The van der Waals surface area contributed by atoms with Crippen molar-refractivity contribution in [2.24, 2.45) is 17.8 Å². The van der Waals surface area contributed by atoms with E-state index in [0.29, 0.717) is 24.5 Å². The van der Waals surface area contributed by atoms with Crippen molar-refractivity contribution in [2.75, 3.05) is 0 Å². The van der Waals surface area contributed by atoms with Crippen LogP contribution in [-0.2, 0) is 11.3 Å². The van der Waals surface area contributed by atoms with Crippen LogP contribution in [0.3, 0.4) is 0 Å². The summed E-state index contributed by atoms with van der Waals surface area (Å²) in [4.78, 5) is 24.6. The monoisotopic (exact) mass is 259 g/mol. The molecule has 3 heteroatoms. The first-order chi connectivity index (χ1) is 9.15. The topological polar surface area (TPSA) is 39.1 Å². The molecular formula is C16H21NO2. The molecule has 3 atom stereocenters. The predicted octanol–water partition coefficient (Wildman–Crippen LogP) is 3.09. The van der Waals surface area contributed by atoms with Gasteiger partial charge in [-0.05, 0) is 43.2 Å². The number of aromatic nitrogens is 1. The second-order valence-electron chi connectivity index (χ2n) is 6.23. The average Bonchev–Trinajstić information content (AvgIpc) is 2.80. The Bertz CT molecular complexity index is 503. The molecule has 1 aliphatic heterocycles. The zero-order chi connectivity index (χ0) is 13.4. The fourth-order valence-corrected chi connectivity index (χ4v) is 3.83. The molecule has 102 valence electrons. The Kier molecular flexibility index (Phi) is 3.29. The summed E-state index contributed by atoms with van der Waals surface area (Å²) >= 11 is 0. The molecule has 0 amide bonds. The van der Waals surface area contributed by atoms with Crippen molar-refractivity contribution in [1.82, 2.24) is 4.57 Å². The van der Waals surface area contributed by atoms with E-state index in [9.17, 15) is 9.59 Å². The van der Waals surface area contributed by atoms with Gasteiger partial charge in [-0.3, -0.25) is 9.59 Å². The van der Waals surface area contributed by atoms with E-state index in [4.69, 9.17) is 0 Å². The Labute approximate surface area is 114 Å². The lowest BCUT2D eigenvalue weighted by Gasteiger charge is -2.33. The van der Waals surface area contributed by atoms with Gasteiger partial charge in [-0.25, -0.2) is 0 Å². The standard InChI is InChI=1S/C16H21NO2/c1-11-8-12-10-16(19)14-5-3-7-17(14)6-2-4-13(12)15(18)9-11/h3,5,7,11-13H,2,4,6,8-10H2,1H3/t11-,12-,13-/m1/s1. The number of fused-ring (bicyclic) bond motifs is 2. The van der Waals surface area contributed by atoms with Crippen molar-refractivity contribution >= 4 is 11.6 Å². The van der Waals surface area contributed by atoms with Gasteiger partial charge in [0.05, 0.1) is 5.69 Å². The molecule has 3 nitrogen and oxygen atoms in total. The van der Waals surface area contributed by atoms with Crippen LogP contribution in [0, 0.1) is 17.8 Å². The van der Waals surface area contributed by atoms with Crippen LogP contribution in [0.25, 0.3) is 0 Å². The van der Waals surface area contributed by atoms with E-state index < -0.39 is 0 Å². The fraction of sp³-hybridized carbons (Fsp3) is 0.625. The van der Waals surface area contributed by atoms with Crippen molar-refractivity contribution in [2.45, 2.75) is 45.6 Å². The van der Waals surface area contributed by atoms with E-state index in [2.05, 4.69) is 6.92 Å². The Morgan fingerprint density at radius 1 is 1.26 bits per heavy atom. The number of ketones is 2. The van der Waals surface area contributed by atoms with Gasteiger partial charge in [0.1, 0.15) is 5.78 Å². The Morgan fingerprint density at radius 2 is 2.11 bits per heavy atom. The molecule has 0 bridgehead atoms. The second kappa shape index (κ2) is 4.95. The minimum absolute atomic E-state index is 0.129. The molecule has 3 rings (SSSR count). The molecule has 2 aliphatic rings. The van der Waals surface area contributed by atoms with Crippen LogP contribution in [0.2, 0.25) is 0 Å². The van der Waals surface area contributed by atoms with E-state index in [1.54, 1.807) is 0 Å². The van der Waals surface area contributed by atoms with Crippen molar-refractivity contribution in [3.63, 3.8) is 0 Å². The van der Waals surface area contributed by atoms with Gasteiger partial charge in [0.15, 0.2) is 5.78 Å². The third-order valence-electron chi connectivity index (χ3n) is 4.71. The van der Waals surface area contributed by atoms with E-state index in [1.807, 2.05) is 22.9 Å². The Hall–Kier alpha value is -1.38. The molecule has 1 fully saturated rings. The summed E-state index contributed by atoms with van der Waals surface area (Å²) in [6.07, 6.45) is 6.21. The smallest absolute Gasteiger partial charge is 0.179 e. The molecule has 0 N–H and O–H groups in total. The highest BCUT2D eigenvalue weighted by Gasteiger charge is 2.36. The maximum absolute atomic E-state index is 12.4. The molecule has 2 heterocycles. The molecule has 0 radical (unpaired) electrons. The minimum Gasteiger partial charge on any atom is -0.345 e. The van der Waals surface area contributed by atoms with Gasteiger partial charge in [-0.15, -0.1) is 0 Å². The molecule has 0 saturated heterocycles. The van der Waals surface area contributed by atoms with Crippen LogP contribution in [0.1, 0.15) is 49.5 Å². The lowest BCUT2D eigenvalue weighted by Crippen LogP contribution is -2.33. The highest BCUT2D eigenvalue weighted by molar-refractivity contribution is 5.95. The predicted molar refractivity (Wildman–Crippen MR) is 73.0 cm³/mol. The van der Waals surface area contributed by atoms with Crippen molar-refractivity contribution in [3.8, 4) is 0 Å². The zero-order valence-corrected chi connectivity index (χ0v) is 11.5. The van der Waals surface area contributed by atoms with Crippen LogP contribution >= 0.6 is 0 Å². The molecule has 1 saturated carbocycles. The van der Waals surface area contributed by atoms with Crippen molar-refractivity contribution < 1.29 is 9.59 Å². The zero-order valence-electron chi connectivity index (χ0n) is 11.5. The van der Waals surface area contributed by atoms with Gasteiger partial charge in [0.25, 0.3) is 0 Å². The van der Waals surface area contributed by atoms with Gasteiger partial charge in [0.2, 0.25) is 0 Å². The van der Waals surface area contributed by atoms with Gasteiger partial charge < -0.3 is 4.57 Å². The molecule has 0 aromatic carbocycles. The molecule has 1 aromatic rings. The number of hydrogen-bond acceptors (Lipinski definition) is 2. The van der Waals surface area contributed by atoms with Gasteiger partial charge in [-0.2, -0.15) is 0 Å². The summed E-state index contributed by atoms with van der Waals surface area (Å²) in [6.45, 7) is 2.99. The van der Waals surface area contributed by atoms with Gasteiger partial charge in [-0.1, -0.05) is 6.92 Å². The summed E-state index contributed by atoms with van der Waals surface area (Å²) in [7, 11) is 0. The van der Waals surface area contributed by atoms with E-state index in [-0.39, 0.29) is 17.6 Å². The lowest BCUT2D eigenvalue weighted by atomic mass is 9.70. The SMILES string of the molecule is C[C@H]1CC(=O)[C@@H]2CCCn3cccc3C(=O)C[C@H]2C1. The minimum atomic E-state index is 0.129. The van der Waals surface area contributed by atoms with Crippen LogP contribution in [-0.4, -0.2) is 16.1 Å². The van der Waals surface area contributed by atoms with Crippen LogP contribution < -0.4 is 0 Å². The fourth-order valence-electron chi connectivity index (χ4n) is 3.83. The first kappa shape index (κ1) is 12.6. The summed E-state index contributed by atoms with van der Waals surface area (Å²) in [5.74, 6) is 1.44. The summed E-state index contributed by atoms with van der Waals surface area (Å²) < 4.78 is 2.05. The Balaban J connectivity index is 1.88. The van der Waals surface area contributed by atoms with E-state index in [1.165, 1.54) is 0 Å². The van der Waals surface area contributed by atoms with Crippen LogP contribution in [0.4, 0.5) is 0 Å². The first-order valence-electron chi connectivity index (χ1n) is 7.36. The van der Waals surface area contributed by atoms with Crippen molar-refractivity contribution in [3.05, 3.63) is 24.0 Å². The van der Waals surface area contributed by atoms with Gasteiger partial charge in [0, 0.05) is 31.5 Å². The summed E-state index contributed by atoms with van der Waals surface area (Å²) in [5.41, 5.74) is 0.825. The summed E-state index contributed by atoms with van der Waals surface area (Å²) in [5, 5.41) is 0. The lowest BCUT2D eigenvalue weighted by molar-refractivity contribution is -0.128. The first-order valence-corrected chi connectivity index (χ1v) is 7.36. The number of nitrogens with zero attached hydrogens (tertiary/aromatic N) is 1. The number of carbonyl (C=O) groups is 2. The third-order valence-corrected chi connectivity index (χ3v) is 4.71. The van der Waals surface area contributed by atoms with Crippen LogP contribution in [0.5, 0.6) is 0 Å². The molecule has 19 heavy (non-hydrogen) atoms. The molecule has 1 aliphatic carbocycles. The molecule has 0 spiro atoms. The van der Waals surface area contributed by atoms with Gasteiger partial charge >= 0.3 is 0 Å². The largest absolute Gasteiger partial charge is 0.345 e. The molecule has 0 unspecified atom stereocenters. The van der Waals surface area contributed by atoms with Crippen LogP contribution in [0.15, 0.2) is 18.3 Å². The molecule has 1 aromatic heterocycles. The highest BCUT2D eigenvalue weighted by atomic mass is 16.1. The number of hydrogen-bond donors (Lipinski definition) is 0. The summed E-state index contributed by atoms with van der Waals surface area (Å²) in [6, 6.07) is 3.86. The van der Waals surface area contributed by atoms with Crippen molar-refractivity contribution in [1.29, 1.82) is 0 Å². The quantitative estimate of drug-likeness (QED) is 0.718. The van der Waals surface area contributed by atoms with E-state index >= 15 is 0 Å². The third kappa shape index (κ3) is 2.38. The second-order valence-corrected chi connectivity index (χ2v) is 6.23. The van der Waals surface area contributed by atoms with E-state index in [0.717, 1.165) is 31.5 Å². The average molecular weight is 259 g/mol. The Morgan fingerprint density at radius 3 is 2.95 bits per heavy atom. The maximum Gasteiger partial charge on any atom is 0.179 e. The maximum atomic E-state index is 12.4. The number of aryl methyl sites for hydroxylation is 1. The number of Topliss-reactive ketones (excluding diaryl/α,β-unsaturated/α-hetero) is 2. The number of carbonyl (C=O) groups excluding carboxylic acids is 2. The number of rotatable bonds is 0. The normalized spacial score (nSPS) is 31.9. The molecular weight excluding hydrogens is 238 g/mol.